The van der Waals surface area contributed by atoms with Crippen LogP contribution in [0, 0.1) is 0 Å². The van der Waals surface area contributed by atoms with Crippen LogP contribution >= 0.6 is 12.4 Å². The van der Waals surface area contributed by atoms with E-state index in [1.807, 2.05) is 12.1 Å². The summed E-state index contributed by atoms with van der Waals surface area (Å²) in [5.74, 6) is 0.762. The van der Waals surface area contributed by atoms with Gasteiger partial charge in [-0.05, 0) is 19.9 Å². The summed E-state index contributed by atoms with van der Waals surface area (Å²) in [6.45, 7) is 5.81. The molecule has 0 spiro atoms. The third-order valence-corrected chi connectivity index (χ3v) is 2.09. The lowest BCUT2D eigenvalue weighted by atomic mass is 10.1. The summed E-state index contributed by atoms with van der Waals surface area (Å²) in [6, 6.07) is 3.97. The van der Waals surface area contributed by atoms with Gasteiger partial charge in [0.1, 0.15) is 5.60 Å². The molecular weight excluding hydrogens is 200 g/mol. The minimum atomic E-state index is -0.167. The molecule has 1 aromatic rings. The second-order valence-electron chi connectivity index (χ2n) is 3.93. The quantitative estimate of drug-likeness (QED) is 0.715. The van der Waals surface area contributed by atoms with Crippen molar-refractivity contribution in [3.8, 4) is 5.88 Å². The standard InChI is InChI=1S/C10H14N2O.ClH/c1-10(2)7-11-6-8-4-3-5-12-9(8)13-10;/h3-5,11H,6-7H2,1-2H3;1H. The normalized spacial score (nSPS) is 18.4. The first kappa shape index (κ1) is 11.3. The van der Waals surface area contributed by atoms with Gasteiger partial charge in [-0.2, -0.15) is 0 Å². The first-order chi connectivity index (χ1) is 6.17. The lowest BCUT2D eigenvalue weighted by Crippen LogP contribution is -2.37. The Morgan fingerprint density at radius 2 is 2.29 bits per heavy atom. The van der Waals surface area contributed by atoms with Gasteiger partial charge < -0.3 is 10.1 Å². The molecule has 0 saturated heterocycles. The largest absolute Gasteiger partial charge is 0.470 e. The zero-order valence-corrected chi connectivity index (χ0v) is 9.23. The topological polar surface area (TPSA) is 34.2 Å². The Balaban J connectivity index is 0.000000980. The van der Waals surface area contributed by atoms with Crippen LogP contribution in [0.2, 0.25) is 0 Å². The number of pyridine rings is 1. The van der Waals surface area contributed by atoms with Crippen LogP contribution in [0.4, 0.5) is 0 Å². The molecule has 0 saturated carbocycles. The molecule has 0 amide bonds. The molecule has 78 valence electrons. The van der Waals surface area contributed by atoms with Crippen LogP contribution in [0.1, 0.15) is 19.4 Å². The minimum Gasteiger partial charge on any atom is -0.470 e. The summed E-state index contributed by atoms with van der Waals surface area (Å²) >= 11 is 0. The lowest BCUT2D eigenvalue weighted by Gasteiger charge is -2.23. The molecule has 14 heavy (non-hydrogen) atoms. The molecule has 4 heteroatoms. The first-order valence-electron chi connectivity index (χ1n) is 4.51. The van der Waals surface area contributed by atoms with Gasteiger partial charge in [-0.3, -0.25) is 0 Å². The van der Waals surface area contributed by atoms with Crippen molar-refractivity contribution in [3.05, 3.63) is 23.9 Å². The number of halogens is 1. The van der Waals surface area contributed by atoms with Crippen molar-refractivity contribution < 1.29 is 4.74 Å². The second kappa shape index (κ2) is 4.15. The number of ether oxygens (including phenoxy) is 1. The van der Waals surface area contributed by atoms with E-state index in [0.29, 0.717) is 0 Å². The van der Waals surface area contributed by atoms with E-state index < -0.39 is 0 Å². The number of nitrogens with zero attached hydrogens (tertiary/aromatic N) is 1. The Kier molecular flexibility index (Phi) is 3.34. The SMILES string of the molecule is CC1(C)CNCc2cccnc2O1.Cl. The Morgan fingerprint density at radius 3 is 3.07 bits per heavy atom. The van der Waals surface area contributed by atoms with E-state index in [1.165, 1.54) is 0 Å². The van der Waals surface area contributed by atoms with Crippen LogP contribution in [-0.4, -0.2) is 17.1 Å². The maximum absolute atomic E-state index is 5.77. The van der Waals surface area contributed by atoms with Gasteiger partial charge in [-0.15, -0.1) is 12.4 Å². The van der Waals surface area contributed by atoms with Gasteiger partial charge in [-0.1, -0.05) is 6.07 Å². The fraction of sp³-hybridized carbons (Fsp3) is 0.500. The van der Waals surface area contributed by atoms with Crippen molar-refractivity contribution >= 4 is 12.4 Å². The summed E-state index contributed by atoms with van der Waals surface area (Å²) in [7, 11) is 0. The maximum atomic E-state index is 5.77. The Morgan fingerprint density at radius 1 is 1.50 bits per heavy atom. The van der Waals surface area contributed by atoms with Gasteiger partial charge in [0.15, 0.2) is 0 Å². The molecule has 1 aliphatic rings. The van der Waals surface area contributed by atoms with E-state index in [1.54, 1.807) is 6.20 Å². The number of rotatable bonds is 0. The number of nitrogens with one attached hydrogen (secondary N) is 1. The highest BCUT2D eigenvalue weighted by Gasteiger charge is 2.24. The van der Waals surface area contributed by atoms with Crippen LogP contribution in [0.25, 0.3) is 0 Å². The molecule has 2 rings (SSSR count). The highest BCUT2D eigenvalue weighted by molar-refractivity contribution is 5.85. The predicted molar refractivity (Wildman–Crippen MR) is 57.9 cm³/mol. The van der Waals surface area contributed by atoms with Crippen LogP contribution in [-0.2, 0) is 6.54 Å². The molecule has 0 bridgehead atoms. The summed E-state index contributed by atoms with van der Waals surface area (Å²) in [5.41, 5.74) is 0.965. The van der Waals surface area contributed by atoms with Crippen molar-refractivity contribution in [3.63, 3.8) is 0 Å². The molecule has 1 N–H and O–H groups in total. The van der Waals surface area contributed by atoms with Crippen LogP contribution in [0.15, 0.2) is 18.3 Å². The molecular formula is C10H15ClN2O. The molecule has 2 heterocycles. The number of hydrogen-bond donors (Lipinski definition) is 1. The summed E-state index contributed by atoms with van der Waals surface area (Å²) in [4.78, 5) is 4.21. The van der Waals surface area contributed by atoms with Gasteiger partial charge in [0.25, 0.3) is 0 Å². The zero-order chi connectivity index (χ0) is 9.31. The minimum absolute atomic E-state index is 0. The number of aromatic nitrogens is 1. The fourth-order valence-electron chi connectivity index (χ4n) is 1.45. The van der Waals surface area contributed by atoms with Crippen LogP contribution in [0.5, 0.6) is 5.88 Å². The molecule has 0 unspecified atom stereocenters. The third-order valence-electron chi connectivity index (χ3n) is 2.09. The smallest absolute Gasteiger partial charge is 0.218 e. The van der Waals surface area contributed by atoms with Crippen LogP contribution in [0.3, 0.4) is 0 Å². The molecule has 0 fully saturated rings. The third kappa shape index (κ3) is 2.36. The van der Waals surface area contributed by atoms with Crippen molar-refractivity contribution in [2.24, 2.45) is 0 Å². The highest BCUT2D eigenvalue weighted by Crippen LogP contribution is 2.22. The Hall–Kier alpha value is -0.800. The molecule has 1 aliphatic heterocycles. The van der Waals surface area contributed by atoms with E-state index >= 15 is 0 Å². The summed E-state index contributed by atoms with van der Waals surface area (Å²) in [6.07, 6.45) is 1.76. The average Bonchev–Trinajstić information content (AvgIpc) is 2.21. The monoisotopic (exact) mass is 214 g/mol. The van der Waals surface area contributed by atoms with Crippen LogP contribution < -0.4 is 10.1 Å². The van der Waals surface area contributed by atoms with E-state index in [9.17, 15) is 0 Å². The average molecular weight is 215 g/mol. The molecule has 0 radical (unpaired) electrons. The molecule has 0 aliphatic carbocycles. The summed E-state index contributed by atoms with van der Waals surface area (Å²) in [5, 5.41) is 3.33. The van der Waals surface area contributed by atoms with Gasteiger partial charge in [0.05, 0.1) is 0 Å². The van der Waals surface area contributed by atoms with E-state index in [0.717, 1.165) is 24.5 Å². The molecule has 0 aromatic carbocycles. The molecule has 0 atom stereocenters. The van der Waals surface area contributed by atoms with E-state index in [4.69, 9.17) is 4.74 Å². The van der Waals surface area contributed by atoms with E-state index in [-0.39, 0.29) is 18.0 Å². The second-order valence-corrected chi connectivity index (χ2v) is 3.93. The first-order valence-corrected chi connectivity index (χ1v) is 4.51. The predicted octanol–water partition coefficient (Wildman–Crippen LogP) is 1.76. The zero-order valence-electron chi connectivity index (χ0n) is 8.41. The van der Waals surface area contributed by atoms with Crippen molar-refractivity contribution in [2.45, 2.75) is 26.0 Å². The highest BCUT2D eigenvalue weighted by atomic mass is 35.5. The van der Waals surface area contributed by atoms with Gasteiger partial charge in [-0.25, -0.2) is 4.98 Å². The van der Waals surface area contributed by atoms with Crippen molar-refractivity contribution in [2.75, 3.05) is 6.54 Å². The van der Waals surface area contributed by atoms with Crippen molar-refractivity contribution in [1.29, 1.82) is 0 Å². The summed E-state index contributed by atoms with van der Waals surface area (Å²) < 4.78 is 5.77. The number of hydrogen-bond acceptors (Lipinski definition) is 3. The van der Waals surface area contributed by atoms with Gasteiger partial charge >= 0.3 is 0 Å². The van der Waals surface area contributed by atoms with E-state index in [2.05, 4.69) is 24.1 Å². The van der Waals surface area contributed by atoms with Crippen molar-refractivity contribution in [1.82, 2.24) is 10.3 Å². The lowest BCUT2D eigenvalue weighted by molar-refractivity contribution is 0.109. The molecule has 1 aromatic heterocycles. The maximum Gasteiger partial charge on any atom is 0.218 e. The number of fused-ring (bicyclic) bond motifs is 1. The van der Waals surface area contributed by atoms with Gasteiger partial charge in [0, 0.05) is 24.8 Å². The Bertz CT molecular complexity index is 315. The fourth-order valence-corrected chi connectivity index (χ4v) is 1.45. The Labute approximate surface area is 90.3 Å². The van der Waals surface area contributed by atoms with Gasteiger partial charge in [0.2, 0.25) is 5.88 Å². The molecule has 3 nitrogen and oxygen atoms in total.